The minimum Gasteiger partial charge on any atom is -0.436 e. The van der Waals surface area contributed by atoms with E-state index in [1.165, 1.54) is 5.56 Å². The highest BCUT2D eigenvalue weighted by molar-refractivity contribution is 6.00. The number of hydrogen-bond donors (Lipinski definition) is 1. The molecule has 1 aromatic heterocycles. The first-order chi connectivity index (χ1) is 14.2. The molecule has 0 saturated heterocycles. The van der Waals surface area contributed by atoms with E-state index in [4.69, 9.17) is 4.42 Å². The maximum absolute atomic E-state index is 12.9. The summed E-state index contributed by atoms with van der Waals surface area (Å²) in [5.74, 6) is 1.20. The summed E-state index contributed by atoms with van der Waals surface area (Å²) in [6, 6.07) is 27.3. The van der Waals surface area contributed by atoms with Gasteiger partial charge >= 0.3 is 0 Å². The second-order valence-electron chi connectivity index (χ2n) is 6.96. The topological polar surface area (TPSA) is 55.1 Å². The van der Waals surface area contributed by atoms with Crippen molar-refractivity contribution in [3.05, 3.63) is 102 Å². The van der Waals surface area contributed by atoms with Crippen molar-refractivity contribution >= 4 is 5.91 Å². The first-order valence-corrected chi connectivity index (χ1v) is 9.66. The van der Waals surface area contributed by atoms with Crippen molar-refractivity contribution in [3.63, 3.8) is 0 Å². The lowest BCUT2D eigenvalue weighted by atomic mass is 10.0. The summed E-state index contributed by atoms with van der Waals surface area (Å²) in [7, 11) is 0. The second-order valence-corrected chi connectivity index (χ2v) is 6.96. The lowest BCUT2D eigenvalue weighted by molar-refractivity contribution is 0.0952. The largest absolute Gasteiger partial charge is 0.436 e. The van der Waals surface area contributed by atoms with Gasteiger partial charge in [0, 0.05) is 17.7 Å². The van der Waals surface area contributed by atoms with E-state index >= 15 is 0 Å². The molecule has 29 heavy (non-hydrogen) atoms. The Kier molecular flexibility index (Phi) is 5.52. The van der Waals surface area contributed by atoms with E-state index in [1.54, 1.807) is 12.3 Å². The Morgan fingerprint density at radius 1 is 0.931 bits per heavy atom. The highest BCUT2D eigenvalue weighted by Crippen LogP contribution is 2.28. The summed E-state index contributed by atoms with van der Waals surface area (Å²) in [5, 5.41) is 3.04. The van der Waals surface area contributed by atoms with Crippen molar-refractivity contribution in [2.45, 2.75) is 12.8 Å². The zero-order valence-electron chi connectivity index (χ0n) is 16.2. The number of oxazole rings is 1. The van der Waals surface area contributed by atoms with Crippen molar-refractivity contribution in [1.82, 2.24) is 10.3 Å². The van der Waals surface area contributed by atoms with Gasteiger partial charge in [0.1, 0.15) is 0 Å². The number of nitrogens with one attached hydrogen (secondary N) is 1. The predicted molar refractivity (Wildman–Crippen MR) is 115 cm³/mol. The Hall–Kier alpha value is -3.66. The summed E-state index contributed by atoms with van der Waals surface area (Å²) in [5.41, 5.74) is 3.37. The molecule has 4 aromatic rings. The van der Waals surface area contributed by atoms with Crippen LogP contribution >= 0.6 is 0 Å². The molecule has 0 fully saturated rings. The molecule has 1 amide bonds. The van der Waals surface area contributed by atoms with E-state index in [0.29, 0.717) is 29.3 Å². The number of rotatable bonds is 6. The Bertz CT molecular complexity index is 1090. The lowest BCUT2D eigenvalue weighted by Gasteiger charge is -2.14. The molecule has 1 heterocycles. The maximum Gasteiger partial charge on any atom is 0.252 e. The SMILES string of the molecule is C[C@H](CNC(=O)c1ccccc1-c1ncc(-c2ccccc2)o1)c1ccccc1. The monoisotopic (exact) mass is 382 g/mol. The number of benzene rings is 3. The normalized spacial score (nSPS) is 11.8. The molecule has 1 atom stereocenters. The van der Waals surface area contributed by atoms with Crippen LogP contribution in [0.25, 0.3) is 22.8 Å². The second kappa shape index (κ2) is 8.57. The highest BCUT2D eigenvalue weighted by atomic mass is 16.4. The zero-order valence-corrected chi connectivity index (χ0v) is 16.2. The number of hydrogen-bond acceptors (Lipinski definition) is 3. The molecule has 4 heteroatoms. The third kappa shape index (κ3) is 4.27. The first kappa shape index (κ1) is 18.7. The highest BCUT2D eigenvalue weighted by Gasteiger charge is 2.17. The average molecular weight is 382 g/mol. The fourth-order valence-electron chi connectivity index (χ4n) is 3.24. The van der Waals surface area contributed by atoms with Gasteiger partial charge < -0.3 is 9.73 Å². The van der Waals surface area contributed by atoms with Crippen LogP contribution in [0.2, 0.25) is 0 Å². The predicted octanol–water partition coefficient (Wildman–Crippen LogP) is 5.54. The molecule has 0 aliphatic heterocycles. The molecular formula is C25H22N2O2. The fourth-order valence-corrected chi connectivity index (χ4v) is 3.24. The molecule has 0 radical (unpaired) electrons. The van der Waals surface area contributed by atoms with Gasteiger partial charge in [-0.1, -0.05) is 79.7 Å². The van der Waals surface area contributed by atoms with Crippen molar-refractivity contribution in [2.24, 2.45) is 0 Å². The summed E-state index contributed by atoms with van der Waals surface area (Å²) in [6.07, 6.45) is 1.69. The standard InChI is InChI=1S/C25H22N2O2/c1-18(19-10-4-2-5-11-19)16-26-24(28)21-14-8-9-15-22(21)25-27-17-23(29-25)20-12-6-3-7-13-20/h2-15,17-18H,16H2,1H3,(H,26,28)/t18-/m1/s1. The Morgan fingerprint density at radius 3 is 2.34 bits per heavy atom. The number of carbonyl (C=O) groups excluding carboxylic acids is 1. The van der Waals surface area contributed by atoms with Crippen molar-refractivity contribution in [1.29, 1.82) is 0 Å². The minimum atomic E-state index is -0.136. The number of nitrogens with zero attached hydrogens (tertiary/aromatic N) is 1. The van der Waals surface area contributed by atoms with Gasteiger partial charge in [0.2, 0.25) is 5.89 Å². The minimum absolute atomic E-state index is 0.136. The molecule has 1 N–H and O–H groups in total. The summed E-state index contributed by atoms with van der Waals surface area (Å²) < 4.78 is 5.95. The summed E-state index contributed by atoms with van der Waals surface area (Å²) >= 11 is 0. The fraction of sp³-hybridized carbons (Fsp3) is 0.120. The molecule has 0 bridgehead atoms. The van der Waals surface area contributed by atoms with E-state index in [-0.39, 0.29) is 11.8 Å². The van der Waals surface area contributed by atoms with Crippen molar-refractivity contribution in [2.75, 3.05) is 6.54 Å². The van der Waals surface area contributed by atoms with E-state index in [1.807, 2.05) is 66.7 Å². The van der Waals surface area contributed by atoms with Gasteiger partial charge in [-0.2, -0.15) is 0 Å². The Labute approximate surface area is 170 Å². The average Bonchev–Trinajstić information content (AvgIpc) is 3.28. The molecule has 0 aliphatic rings. The van der Waals surface area contributed by atoms with Crippen LogP contribution in [-0.4, -0.2) is 17.4 Å². The molecular weight excluding hydrogens is 360 g/mol. The third-order valence-corrected chi connectivity index (χ3v) is 4.90. The quantitative estimate of drug-likeness (QED) is 0.476. The van der Waals surface area contributed by atoms with Gasteiger partial charge in [-0.3, -0.25) is 4.79 Å². The smallest absolute Gasteiger partial charge is 0.252 e. The third-order valence-electron chi connectivity index (χ3n) is 4.90. The molecule has 3 aromatic carbocycles. The van der Waals surface area contributed by atoms with Crippen LogP contribution in [-0.2, 0) is 0 Å². The van der Waals surface area contributed by atoms with Crippen LogP contribution in [0.3, 0.4) is 0 Å². The van der Waals surface area contributed by atoms with Crippen LogP contribution in [0, 0.1) is 0 Å². The Balaban J connectivity index is 1.53. The van der Waals surface area contributed by atoms with Gasteiger partial charge in [0.25, 0.3) is 5.91 Å². The maximum atomic E-state index is 12.9. The molecule has 4 nitrogen and oxygen atoms in total. The van der Waals surface area contributed by atoms with Gasteiger partial charge in [-0.05, 0) is 23.6 Å². The Morgan fingerprint density at radius 2 is 1.59 bits per heavy atom. The number of amides is 1. The van der Waals surface area contributed by atoms with Crippen molar-refractivity contribution in [3.8, 4) is 22.8 Å². The lowest BCUT2D eigenvalue weighted by Crippen LogP contribution is -2.28. The van der Waals surface area contributed by atoms with Crippen LogP contribution in [0.5, 0.6) is 0 Å². The van der Waals surface area contributed by atoms with E-state index < -0.39 is 0 Å². The van der Waals surface area contributed by atoms with E-state index in [2.05, 4.69) is 29.4 Å². The first-order valence-electron chi connectivity index (χ1n) is 9.66. The van der Waals surface area contributed by atoms with Gasteiger partial charge in [0.05, 0.1) is 11.8 Å². The summed E-state index contributed by atoms with van der Waals surface area (Å²) in [4.78, 5) is 17.3. The zero-order chi connectivity index (χ0) is 20.1. The number of aromatic nitrogens is 1. The molecule has 0 saturated carbocycles. The van der Waals surface area contributed by atoms with Gasteiger partial charge in [0.15, 0.2) is 5.76 Å². The van der Waals surface area contributed by atoms with Gasteiger partial charge in [-0.25, -0.2) is 4.98 Å². The van der Waals surface area contributed by atoms with Crippen LogP contribution in [0.1, 0.15) is 28.8 Å². The number of carbonyl (C=O) groups is 1. The molecule has 144 valence electrons. The molecule has 0 unspecified atom stereocenters. The van der Waals surface area contributed by atoms with Crippen LogP contribution < -0.4 is 5.32 Å². The van der Waals surface area contributed by atoms with Crippen molar-refractivity contribution < 1.29 is 9.21 Å². The molecule has 4 rings (SSSR count). The molecule has 0 spiro atoms. The molecule has 0 aliphatic carbocycles. The van der Waals surface area contributed by atoms with Crippen LogP contribution in [0.4, 0.5) is 0 Å². The summed E-state index contributed by atoms with van der Waals surface area (Å²) in [6.45, 7) is 2.65. The van der Waals surface area contributed by atoms with Crippen LogP contribution in [0.15, 0.2) is 95.5 Å². The van der Waals surface area contributed by atoms with E-state index in [0.717, 1.165) is 5.56 Å². The van der Waals surface area contributed by atoms with E-state index in [9.17, 15) is 4.79 Å². The van der Waals surface area contributed by atoms with Gasteiger partial charge in [-0.15, -0.1) is 0 Å².